The average Bonchev–Trinajstić information content (AvgIpc) is 2.00. The van der Waals surface area contributed by atoms with Crippen LogP contribution in [-0.2, 0) is 9.53 Å². The van der Waals surface area contributed by atoms with Crippen molar-refractivity contribution in [2.75, 3.05) is 12.5 Å². The minimum Gasteiger partial charge on any atom is -0.464 e. The van der Waals surface area contributed by atoms with Crippen LogP contribution in [-0.4, -0.2) is 18.5 Å². The van der Waals surface area contributed by atoms with Gasteiger partial charge in [-0.25, -0.2) is 0 Å². The highest BCUT2D eigenvalue weighted by Crippen LogP contribution is 2.06. The van der Waals surface area contributed by atoms with Crippen molar-refractivity contribution in [3.63, 3.8) is 0 Å². The van der Waals surface area contributed by atoms with Gasteiger partial charge in [0, 0.05) is 0 Å². The Labute approximate surface area is 72.9 Å². The molecule has 66 valence electrons. The van der Waals surface area contributed by atoms with E-state index < -0.39 is 0 Å². The first kappa shape index (κ1) is 10.8. The number of hydrogen-bond donors (Lipinski definition) is 0. The fourth-order valence-corrected chi connectivity index (χ4v) is 0.909. The predicted octanol–water partition coefficient (Wildman–Crippen LogP) is 2.20. The number of esters is 1. The maximum atomic E-state index is 11.0. The lowest BCUT2D eigenvalue weighted by atomic mass is 10.1. The minimum absolute atomic E-state index is 0.0169. The number of hydrogen-bond acceptors (Lipinski definition) is 2. The molecule has 0 radical (unpaired) electrons. The topological polar surface area (TPSA) is 26.3 Å². The van der Waals surface area contributed by atoms with E-state index in [4.69, 9.17) is 16.3 Å². The van der Waals surface area contributed by atoms with Crippen molar-refractivity contribution in [1.29, 1.82) is 0 Å². The molecule has 0 amide bonds. The van der Waals surface area contributed by atoms with Crippen LogP contribution in [0.3, 0.4) is 0 Å². The van der Waals surface area contributed by atoms with Crippen molar-refractivity contribution in [3.8, 4) is 0 Å². The number of alkyl halides is 1. The lowest BCUT2D eigenvalue weighted by molar-refractivity contribution is -0.147. The second-order valence-electron chi connectivity index (χ2n) is 2.55. The van der Waals surface area contributed by atoms with E-state index in [0.717, 1.165) is 12.8 Å². The Balaban J connectivity index is 3.47. The van der Waals surface area contributed by atoms with E-state index in [1.54, 1.807) is 0 Å². The van der Waals surface area contributed by atoms with Crippen LogP contribution in [0.1, 0.15) is 26.7 Å². The molecule has 0 bridgehead atoms. The molecule has 0 aromatic heterocycles. The smallest absolute Gasteiger partial charge is 0.308 e. The van der Waals surface area contributed by atoms with Gasteiger partial charge in [-0.1, -0.05) is 20.3 Å². The first-order valence-electron chi connectivity index (χ1n) is 3.95. The molecule has 0 rings (SSSR count). The third-order valence-corrected chi connectivity index (χ3v) is 1.60. The van der Waals surface area contributed by atoms with Crippen molar-refractivity contribution in [3.05, 3.63) is 0 Å². The monoisotopic (exact) mass is 178 g/mol. The molecule has 0 heterocycles. The zero-order chi connectivity index (χ0) is 8.69. The van der Waals surface area contributed by atoms with Crippen LogP contribution in [0.5, 0.6) is 0 Å². The van der Waals surface area contributed by atoms with Crippen molar-refractivity contribution >= 4 is 17.6 Å². The molecule has 0 aromatic rings. The molecule has 1 unspecified atom stereocenters. The van der Waals surface area contributed by atoms with Gasteiger partial charge in [0.25, 0.3) is 0 Å². The summed E-state index contributed by atoms with van der Waals surface area (Å²) in [4.78, 5) is 11.0. The Hall–Kier alpha value is -0.240. The van der Waals surface area contributed by atoms with Crippen molar-refractivity contribution in [2.45, 2.75) is 26.7 Å². The second kappa shape index (κ2) is 6.47. The number of rotatable bonds is 5. The predicted molar refractivity (Wildman–Crippen MR) is 45.8 cm³/mol. The van der Waals surface area contributed by atoms with Crippen LogP contribution in [0, 0.1) is 5.92 Å². The van der Waals surface area contributed by atoms with E-state index >= 15 is 0 Å². The Bertz CT molecular complexity index is 115. The summed E-state index contributed by atoms with van der Waals surface area (Å²) >= 11 is 5.35. The van der Waals surface area contributed by atoms with Gasteiger partial charge < -0.3 is 4.74 Å². The van der Waals surface area contributed by atoms with Gasteiger partial charge in [0.15, 0.2) is 0 Å². The maximum absolute atomic E-state index is 11.0. The zero-order valence-corrected chi connectivity index (χ0v) is 7.86. The standard InChI is InChI=1S/C8H15ClO2/c1-3-4-7(2)8(10)11-6-5-9/h7H,3-6H2,1-2H3. The van der Waals surface area contributed by atoms with Gasteiger partial charge in [-0.2, -0.15) is 0 Å². The quantitative estimate of drug-likeness (QED) is 0.477. The minimum atomic E-state index is -0.132. The van der Waals surface area contributed by atoms with E-state index in [-0.39, 0.29) is 11.9 Å². The molecule has 0 aliphatic rings. The highest BCUT2D eigenvalue weighted by atomic mass is 35.5. The second-order valence-corrected chi connectivity index (χ2v) is 2.92. The van der Waals surface area contributed by atoms with Gasteiger partial charge in [0.2, 0.25) is 0 Å². The Morgan fingerprint density at radius 3 is 2.73 bits per heavy atom. The van der Waals surface area contributed by atoms with E-state index in [2.05, 4.69) is 0 Å². The van der Waals surface area contributed by atoms with Crippen LogP contribution < -0.4 is 0 Å². The number of carbonyl (C=O) groups excluding carboxylic acids is 1. The summed E-state index contributed by atoms with van der Waals surface area (Å²) in [7, 11) is 0. The number of carbonyl (C=O) groups is 1. The molecule has 0 spiro atoms. The lowest BCUT2D eigenvalue weighted by Gasteiger charge is -2.08. The van der Waals surface area contributed by atoms with Crippen LogP contribution in [0.25, 0.3) is 0 Å². The average molecular weight is 179 g/mol. The molecule has 0 N–H and O–H groups in total. The first-order valence-corrected chi connectivity index (χ1v) is 4.48. The lowest BCUT2D eigenvalue weighted by Crippen LogP contribution is -2.15. The van der Waals surface area contributed by atoms with E-state index in [1.165, 1.54) is 0 Å². The fraction of sp³-hybridized carbons (Fsp3) is 0.875. The fourth-order valence-electron chi connectivity index (χ4n) is 0.832. The molecule has 0 aliphatic carbocycles. The van der Waals surface area contributed by atoms with Crippen molar-refractivity contribution in [2.24, 2.45) is 5.92 Å². The summed E-state index contributed by atoms with van der Waals surface area (Å²) < 4.78 is 4.83. The van der Waals surface area contributed by atoms with Crippen molar-refractivity contribution < 1.29 is 9.53 Å². The van der Waals surface area contributed by atoms with Gasteiger partial charge in [-0.05, 0) is 6.42 Å². The van der Waals surface area contributed by atoms with Crippen LogP contribution in [0.2, 0.25) is 0 Å². The molecular weight excluding hydrogens is 164 g/mol. The van der Waals surface area contributed by atoms with Gasteiger partial charge in [0.1, 0.15) is 6.61 Å². The largest absolute Gasteiger partial charge is 0.464 e. The van der Waals surface area contributed by atoms with Crippen LogP contribution >= 0.6 is 11.6 Å². The molecule has 2 nitrogen and oxygen atoms in total. The van der Waals surface area contributed by atoms with E-state index in [1.807, 2.05) is 13.8 Å². The molecule has 0 aliphatic heterocycles. The number of ether oxygens (including phenoxy) is 1. The maximum Gasteiger partial charge on any atom is 0.308 e. The van der Waals surface area contributed by atoms with Gasteiger partial charge >= 0.3 is 5.97 Å². The summed E-state index contributed by atoms with van der Waals surface area (Å²) in [6, 6.07) is 0. The Kier molecular flexibility index (Phi) is 6.33. The molecule has 11 heavy (non-hydrogen) atoms. The third-order valence-electron chi connectivity index (χ3n) is 1.45. The molecule has 3 heteroatoms. The molecule has 0 saturated heterocycles. The molecular formula is C8H15ClO2. The molecule has 1 atom stereocenters. The summed E-state index contributed by atoms with van der Waals surface area (Å²) in [5, 5.41) is 0. The Morgan fingerprint density at radius 1 is 1.64 bits per heavy atom. The summed E-state index contributed by atoms with van der Waals surface area (Å²) in [6.45, 7) is 4.25. The normalized spacial score (nSPS) is 12.6. The van der Waals surface area contributed by atoms with Gasteiger partial charge in [0.05, 0.1) is 11.8 Å². The molecule has 0 saturated carbocycles. The van der Waals surface area contributed by atoms with Crippen LogP contribution in [0.4, 0.5) is 0 Å². The first-order chi connectivity index (χ1) is 5.22. The SMILES string of the molecule is CCCC(C)C(=O)OCCCl. The summed E-state index contributed by atoms with van der Waals surface area (Å²) in [5.41, 5.74) is 0. The van der Waals surface area contributed by atoms with Crippen molar-refractivity contribution in [1.82, 2.24) is 0 Å². The Morgan fingerprint density at radius 2 is 2.27 bits per heavy atom. The van der Waals surface area contributed by atoms with Crippen LogP contribution in [0.15, 0.2) is 0 Å². The van der Waals surface area contributed by atoms with Gasteiger partial charge in [-0.15, -0.1) is 11.6 Å². The molecule has 0 aromatic carbocycles. The highest BCUT2D eigenvalue weighted by molar-refractivity contribution is 6.18. The van der Waals surface area contributed by atoms with E-state index in [0.29, 0.717) is 12.5 Å². The molecule has 0 fully saturated rings. The highest BCUT2D eigenvalue weighted by Gasteiger charge is 2.11. The zero-order valence-electron chi connectivity index (χ0n) is 7.10. The summed E-state index contributed by atoms with van der Waals surface area (Å²) in [6.07, 6.45) is 1.90. The third kappa shape index (κ3) is 5.08. The van der Waals surface area contributed by atoms with E-state index in [9.17, 15) is 4.79 Å². The summed E-state index contributed by atoms with van der Waals surface area (Å²) in [5.74, 6) is 0.264. The number of halogens is 1. The van der Waals surface area contributed by atoms with Gasteiger partial charge in [-0.3, -0.25) is 4.79 Å².